The van der Waals surface area contributed by atoms with Crippen molar-refractivity contribution >= 4 is 6.03 Å². The molecule has 0 bridgehead atoms. The lowest BCUT2D eigenvalue weighted by atomic mass is 9.97. The van der Waals surface area contributed by atoms with Gasteiger partial charge in [-0.2, -0.15) is 0 Å². The molecule has 1 fully saturated rings. The maximum Gasteiger partial charge on any atom is 0.317 e. The first kappa shape index (κ1) is 19.2. The number of hydrogen-bond donors (Lipinski definition) is 1. The first-order valence-electron chi connectivity index (χ1n) is 9.94. The molecule has 5 nitrogen and oxygen atoms in total. The van der Waals surface area contributed by atoms with E-state index in [0.29, 0.717) is 18.5 Å². The van der Waals surface area contributed by atoms with E-state index in [9.17, 15) is 4.79 Å². The molecule has 5 heteroatoms. The van der Waals surface area contributed by atoms with E-state index in [1.807, 2.05) is 7.05 Å². The highest BCUT2D eigenvalue weighted by molar-refractivity contribution is 5.73. The van der Waals surface area contributed by atoms with Crippen LogP contribution in [-0.2, 0) is 19.6 Å². The van der Waals surface area contributed by atoms with Crippen LogP contribution in [0.5, 0.6) is 0 Å². The Bertz CT molecular complexity index is 630. The van der Waals surface area contributed by atoms with Gasteiger partial charge < -0.3 is 15.1 Å². The molecular formula is C21H34N4O. The van der Waals surface area contributed by atoms with Crippen molar-refractivity contribution in [2.24, 2.45) is 5.92 Å². The van der Waals surface area contributed by atoms with Crippen LogP contribution in [0.2, 0.25) is 0 Å². The van der Waals surface area contributed by atoms with E-state index in [-0.39, 0.29) is 6.03 Å². The molecule has 1 saturated heterocycles. The Morgan fingerprint density at radius 3 is 2.85 bits per heavy atom. The number of carbonyl (C=O) groups is 1. The van der Waals surface area contributed by atoms with E-state index < -0.39 is 0 Å². The molecule has 1 N–H and O–H groups in total. The average molecular weight is 359 g/mol. The predicted octanol–water partition coefficient (Wildman–Crippen LogP) is 2.89. The monoisotopic (exact) mass is 358 g/mol. The van der Waals surface area contributed by atoms with Gasteiger partial charge in [0.1, 0.15) is 0 Å². The first-order valence-corrected chi connectivity index (χ1v) is 9.94. The molecule has 2 aliphatic heterocycles. The summed E-state index contributed by atoms with van der Waals surface area (Å²) in [5.74, 6) is 0.569. The lowest BCUT2D eigenvalue weighted by molar-refractivity contribution is 0.137. The third-order valence-electron chi connectivity index (χ3n) is 5.74. The van der Waals surface area contributed by atoms with Crippen LogP contribution in [0.25, 0.3) is 0 Å². The number of nitrogens with zero attached hydrogens (tertiary/aromatic N) is 3. The second kappa shape index (κ2) is 8.40. The Morgan fingerprint density at radius 2 is 2.08 bits per heavy atom. The molecule has 3 rings (SSSR count). The predicted molar refractivity (Wildman–Crippen MR) is 106 cm³/mol. The topological polar surface area (TPSA) is 38.8 Å². The van der Waals surface area contributed by atoms with E-state index in [1.54, 1.807) is 4.90 Å². The van der Waals surface area contributed by atoms with Crippen LogP contribution in [0.1, 0.15) is 43.4 Å². The minimum absolute atomic E-state index is 0.0317. The van der Waals surface area contributed by atoms with Gasteiger partial charge in [-0.3, -0.25) is 4.90 Å². The van der Waals surface area contributed by atoms with E-state index >= 15 is 0 Å². The summed E-state index contributed by atoms with van der Waals surface area (Å²) in [5, 5.41) is 3.14. The number of likely N-dealkylation sites (tertiary alicyclic amines) is 1. The summed E-state index contributed by atoms with van der Waals surface area (Å²) in [4.78, 5) is 19.1. The summed E-state index contributed by atoms with van der Waals surface area (Å²) >= 11 is 0. The van der Waals surface area contributed by atoms with Gasteiger partial charge in [0.05, 0.1) is 0 Å². The number of carbonyl (C=O) groups excluding carboxylic acids is 1. The van der Waals surface area contributed by atoms with Crippen molar-refractivity contribution in [3.05, 3.63) is 34.9 Å². The molecule has 2 heterocycles. The zero-order valence-electron chi connectivity index (χ0n) is 16.8. The molecule has 0 spiro atoms. The van der Waals surface area contributed by atoms with Gasteiger partial charge in [0.2, 0.25) is 0 Å². The summed E-state index contributed by atoms with van der Waals surface area (Å²) in [7, 11) is 4.03. The van der Waals surface area contributed by atoms with Crippen molar-refractivity contribution in [1.29, 1.82) is 0 Å². The fourth-order valence-corrected chi connectivity index (χ4v) is 4.16. The van der Waals surface area contributed by atoms with Crippen LogP contribution < -0.4 is 5.32 Å². The largest absolute Gasteiger partial charge is 0.338 e. The fraction of sp³-hybridized carbons (Fsp3) is 0.667. The van der Waals surface area contributed by atoms with Crippen molar-refractivity contribution < 1.29 is 4.79 Å². The number of rotatable bonds is 5. The SMILES string of the molecule is CC(C)N1CCC[C@@H](CNC(=O)N(C)Cc2ccc3c(c2)CN(C)C3)C1. The molecule has 0 unspecified atom stereocenters. The van der Waals surface area contributed by atoms with Crippen LogP contribution in [-0.4, -0.2) is 60.5 Å². The maximum atomic E-state index is 12.5. The van der Waals surface area contributed by atoms with E-state index in [4.69, 9.17) is 0 Å². The summed E-state index contributed by atoms with van der Waals surface area (Å²) in [6, 6.07) is 7.25. The number of benzene rings is 1. The number of urea groups is 1. The van der Waals surface area contributed by atoms with Crippen LogP contribution in [0.15, 0.2) is 18.2 Å². The highest BCUT2D eigenvalue weighted by Crippen LogP contribution is 2.23. The molecule has 2 aliphatic rings. The Kier molecular flexibility index (Phi) is 6.20. The second-order valence-corrected chi connectivity index (χ2v) is 8.41. The molecule has 1 atom stereocenters. The minimum atomic E-state index is 0.0317. The molecule has 0 saturated carbocycles. The normalized spacial score (nSPS) is 21.0. The van der Waals surface area contributed by atoms with Gasteiger partial charge in [0, 0.05) is 45.8 Å². The lowest BCUT2D eigenvalue weighted by Gasteiger charge is -2.35. The van der Waals surface area contributed by atoms with Gasteiger partial charge in [0.15, 0.2) is 0 Å². The van der Waals surface area contributed by atoms with Crippen LogP contribution in [0.4, 0.5) is 4.79 Å². The van der Waals surface area contributed by atoms with Crippen molar-refractivity contribution in [2.75, 3.05) is 33.7 Å². The molecule has 1 aromatic rings. The van der Waals surface area contributed by atoms with Gasteiger partial charge in [-0.05, 0) is 62.9 Å². The average Bonchev–Trinajstić information content (AvgIpc) is 2.99. The second-order valence-electron chi connectivity index (χ2n) is 8.41. The Labute approximate surface area is 158 Å². The number of amides is 2. The fourth-order valence-electron chi connectivity index (χ4n) is 4.16. The van der Waals surface area contributed by atoms with Gasteiger partial charge in [-0.25, -0.2) is 4.79 Å². The molecule has 1 aromatic carbocycles. The highest BCUT2D eigenvalue weighted by Gasteiger charge is 2.22. The number of fused-ring (bicyclic) bond motifs is 1. The molecule has 26 heavy (non-hydrogen) atoms. The Hall–Kier alpha value is -1.59. The van der Waals surface area contributed by atoms with Crippen LogP contribution >= 0.6 is 0 Å². The van der Waals surface area contributed by atoms with Crippen molar-refractivity contribution in [2.45, 2.75) is 52.4 Å². The highest BCUT2D eigenvalue weighted by atomic mass is 16.2. The van der Waals surface area contributed by atoms with Crippen LogP contribution in [0.3, 0.4) is 0 Å². The van der Waals surface area contributed by atoms with Crippen molar-refractivity contribution in [3.63, 3.8) is 0 Å². The maximum absolute atomic E-state index is 12.5. The summed E-state index contributed by atoms with van der Waals surface area (Å²) in [6.07, 6.45) is 2.45. The van der Waals surface area contributed by atoms with E-state index in [2.05, 4.69) is 54.2 Å². The zero-order valence-corrected chi connectivity index (χ0v) is 16.8. The first-order chi connectivity index (χ1) is 12.4. The van der Waals surface area contributed by atoms with Gasteiger partial charge in [-0.15, -0.1) is 0 Å². The number of nitrogens with one attached hydrogen (secondary N) is 1. The molecule has 0 aromatic heterocycles. The lowest BCUT2D eigenvalue weighted by Crippen LogP contribution is -2.45. The summed E-state index contributed by atoms with van der Waals surface area (Å²) < 4.78 is 0. The molecule has 2 amide bonds. The van der Waals surface area contributed by atoms with Crippen molar-refractivity contribution in [1.82, 2.24) is 20.0 Å². The molecular weight excluding hydrogens is 324 g/mol. The van der Waals surface area contributed by atoms with Crippen LogP contribution in [0, 0.1) is 5.92 Å². The quantitative estimate of drug-likeness (QED) is 0.880. The Balaban J connectivity index is 1.47. The number of hydrogen-bond acceptors (Lipinski definition) is 3. The zero-order chi connectivity index (χ0) is 18.7. The molecule has 0 radical (unpaired) electrons. The standard InChI is InChI=1S/C21H34N4O/c1-16(2)25-9-5-6-18(13-25)11-22-21(26)24(4)12-17-7-8-19-14-23(3)15-20(19)10-17/h7-8,10,16,18H,5-6,9,11-15H2,1-4H3,(H,22,26)/t18-/m0/s1. The van der Waals surface area contributed by atoms with E-state index in [0.717, 1.165) is 26.2 Å². The smallest absolute Gasteiger partial charge is 0.317 e. The summed E-state index contributed by atoms with van der Waals surface area (Å²) in [6.45, 7) is 10.3. The Morgan fingerprint density at radius 1 is 1.31 bits per heavy atom. The molecule has 0 aliphatic carbocycles. The van der Waals surface area contributed by atoms with E-state index in [1.165, 1.54) is 36.1 Å². The third-order valence-corrected chi connectivity index (χ3v) is 5.74. The summed E-state index contributed by atoms with van der Waals surface area (Å²) in [5.41, 5.74) is 4.02. The molecule has 144 valence electrons. The minimum Gasteiger partial charge on any atom is -0.338 e. The van der Waals surface area contributed by atoms with Gasteiger partial charge in [0.25, 0.3) is 0 Å². The van der Waals surface area contributed by atoms with Gasteiger partial charge >= 0.3 is 6.03 Å². The van der Waals surface area contributed by atoms with Gasteiger partial charge in [-0.1, -0.05) is 18.2 Å². The third kappa shape index (κ3) is 4.77. The van der Waals surface area contributed by atoms with Crippen molar-refractivity contribution in [3.8, 4) is 0 Å². The number of piperidine rings is 1.